The highest BCUT2D eigenvalue weighted by molar-refractivity contribution is 8.03. The zero-order valence-corrected chi connectivity index (χ0v) is 18.4. The summed E-state index contributed by atoms with van der Waals surface area (Å²) in [4.78, 5) is 47.1. The fraction of sp³-hybridized carbons (Fsp3) is 0.222. The fourth-order valence-corrected chi connectivity index (χ4v) is 5.48. The number of halogens is 1. The molecule has 1 saturated heterocycles. The Balaban J connectivity index is 1.53. The molecule has 0 spiro atoms. The molecule has 11 nitrogen and oxygen atoms in total. The van der Waals surface area contributed by atoms with Gasteiger partial charge in [0.25, 0.3) is 11.8 Å². The van der Waals surface area contributed by atoms with Crippen molar-refractivity contribution in [1.29, 1.82) is 0 Å². The van der Waals surface area contributed by atoms with Crippen LogP contribution in [0, 0.1) is 0 Å². The molecule has 2 aromatic heterocycles. The van der Waals surface area contributed by atoms with E-state index in [1.165, 1.54) is 16.7 Å². The molecule has 5 N–H and O–H groups in total. The summed E-state index contributed by atoms with van der Waals surface area (Å²) in [6.07, 6.45) is 2.41. The first-order valence-electron chi connectivity index (χ1n) is 9.15. The van der Waals surface area contributed by atoms with Gasteiger partial charge in [0.2, 0.25) is 0 Å². The SMILES string of the molecule is Nc1nc(/C(=N/O)C(=O)N[C@@H]2C(=O)N3C(C(=O)O)=C(Sc4ccccn4)CCC23)c(Cl)s1. The molecular formula is C18H15ClN6O5S2. The number of β-lactam (4-membered cyclic amide) rings is 1. The second-order valence-electron chi connectivity index (χ2n) is 6.74. The molecule has 2 aromatic rings. The van der Waals surface area contributed by atoms with E-state index in [4.69, 9.17) is 17.3 Å². The Morgan fingerprint density at radius 2 is 2.19 bits per heavy atom. The van der Waals surface area contributed by atoms with E-state index >= 15 is 0 Å². The number of nitrogens with one attached hydrogen (secondary N) is 1. The van der Waals surface area contributed by atoms with Gasteiger partial charge < -0.3 is 21.4 Å². The van der Waals surface area contributed by atoms with E-state index < -0.39 is 35.6 Å². The molecule has 0 aliphatic carbocycles. The Labute approximate surface area is 194 Å². The van der Waals surface area contributed by atoms with Crippen LogP contribution >= 0.6 is 34.7 Å². The van der Waals surface area contributed by atoms with Crippen LogP contribution in [0.4, 0.5) is 5.13 Å². The fourth-order valence-electron chi connectivity index (χ4n) is 3.53. The summed E-state index contributed by atoms with van der Waals surface area (Å²) >= 11 is 8.06. The van der Waals surface area contributed by atoms with Gasteiger partial charge in [0.1, 0.15) is 26.8 Å². The predicted molar refractivity (Wildman–Crippen MR) is 116 cm³/mol. The third-order valence-electron chi connectivity index (χ3n) is 4.89. The maximum absolute atomic E-state index is 12.8. The van der Waals surface area contributed by atoms with Crippen LogP contribution in [0.15, 0.2) is 45.2 Å². The molecule has 4 heterocycles. The van der Waals surface area contributed by atoms with Crippen LogP contribution in [-0.4, -0.2) is 60.8 Å². The average Bonchev–Trinajstić information content (AvgIpc) is 3.10. The molecule has 166 valence electrons. The Morgan fingerprint density at radius 1 is 1.41 bits per heavy atom. The number of hydrogen-bond acceptors (Lipinski definition) is 10. The summed E-state index contributed by atoms with van der Waals surface area (Å²) in [6.45, 7) is 0. The number of aromatic nitrogens is 2. The molecule has 4 rings (SSSR count). The molecule has 2 aliphatic rings. The molecule has 0 aromatic carbocycles. The van der Waals surface area contributed by atoms with Crippen molar-refractivity contribution in [2.24, 2.45) is 5.16 Å². The Kier molecular flexibility index (Phi) is 6.04. The number of aliphatic carboxylic acids is 1. The van der Waals surface area contributed by atoms with E-state index in [1.807, 2.05) is 0 Å². The van der Waals surface area contributed by atoms with Gasteiger partial charge in [-0.1, -0.05) is 45.9 Å². The normalized spacial score (nSPS) is 20.6. The number of pyridine rings is 1. The monoisotopic (exact) mass is 494 g/mol. The van der Waals surface area contributed by atoms with Crippen molar-refractivity contribution in [3.05, 3.63) is 45.0 Å². The third-order valence-corrected chi connectivity index (χ3v) is 7.07. The number of allylic oxidation sites excluding steroid dienone is 1. The number of nitrogen functional groups attached to an aromatic ring is 1. The lowest BCUT2D eigenvalue weighted by Gasteiger charge is -2.50. The number of carbonyl (C=O) groups is 3. The van der Waals surface area contributed by atoms with E-state index in [0.717, 1.165) is 11.3 Å². The Morgan fingerprint density at radius 3 is 2.78 bits per heavy atom. The van der Waals surface area contributed by atoms with Crippen LogP contribution in [-0.2, 0) is 14.4 Å². The first-order chi connectivity index (χ1) is 15.3. The number of nitrogens with zero attached hydrogens (tertiary/aromatic N) is 4. The van der Waals surface area contributed by atoms with Gasteiger partial charge in [-0.25, -0.2) is 14.8 Å². The lowest BCUT2D eigenvalue weighted by atomic mass is 9.86. The van der Waals surface area contributed by atoms with Crippen LogP contribution in [0.1, 0.15) is 18.5 Å². The number of thiazole rings is 1. The summed E-state index contributed by atoms with van der Waals surface area (Å²) in [5, 5.41) is 25.1. The molecular weight excluding hydrogens is 480 g/mol. The van der Waals surface area contributed by atoms with Gasteiger partial charge in [-0.3, -0.25) is 14.5 Å². The number of carboxylic acids is 1. The summed E-state index contributed by atoms with van der Waals surface area (Å²) in [5.41, 5.74) is 4.83. The molecule has 1 fully saturated rings. The van der Waals surface area contributed by atoms with E-state index in [0.29, 0.717) is 22.8 Å². The molecule has 0 radical (unpaired) electrons. The molecule has 2 aliphatic heterocycles. The molecule has 2 amide bonds. The third kappa shape index (κ3) is 3.89. The number of anilines is 1. The zero-order chi connectivity index (χ0) is 23.0. The maximum Gasteiger partial charge on any atom is 0.353 e. The lowest BCUT2D eigenvalue weighted by Crippen LogP contribution is -2.72. The smallest absolute Gasteiger partial charge is 0.353 e. The van der Waals surface area contributed by atoms with Gasteiger partial charge in [-0.05, 0) is 25.0 Å². The van der Waals surface area contributed by atoms with Gasteiger partial charge in [-0.2, -0.15) is 0 Å². The molecule has 14 heteroatoms. The first kappa shape index (κ1) is 22.0. The van der Waals surface area contributed by atoms with Crippen LogP contribution < -0.4 is 11.1 Å². The highest BCUT2D eigenvalue weighted by Gasteiger charge is 2.54. The van der Waals surface area contributed by atoms with Gasteiger partial charge in [0, 0.05) is 11.1 Å². The minimum atomic E-state index is -1.24. The van der Waals surface area contributed by atoms with Crippen molar-refractivity contribution < 1.29 is 24.7 Å². The van der Waals surface area contributed by atoms with E-state index in [2.05, 4.69) is 20.4 Å². The minimum absolute atomic E-state index is 0.0527. The van der Waals surface area contributed by atoms with Crippen molar-refractivity contribution in [1.82, 2.24) is 20.2 Å². The van der Waals surface area contributed by atoms with Crippen molar-refractivity contribution in [3.63, 3.8) is 0 Å². The van der Waals surface area contributed by atoms with Crippen LogP contribution in [0.2, 0.25) is 4.34 Å². The Hall–Kier alpha value is -3.16. The predicted octanol–water partition coefficient (Wildman–Crippen LogP) is 1.53. The average molecular weight is 495 g/mol. The number of oxime groups is 1. The van der Waals surface area contributed by atoms with Crippen LogP contribution in [0.3, 0.4) is 0 Å². The van der Waals surface area contributed by atoms with E-state index in [1.54, 1.807) is 24.4 Å². The topological polar surface area (TPSA) is 171 Å². The lowest BCUT2D eigenvalue weighted by molar-refractivity contribution is -0.155. The second-order valence-corrected chi connectivity index (χ2v) is 9.48. The second kappa shape index (κ2) is 8.76. The highest BCUT2D eigenvalue weighted by Crippen LogP contribution is 2.42. The minimum Gasteiger partial charge on any atom is -0.477 e. The first-order valence-corrected chi connectivity index (χ1v) is 11.2. The maximum atomic E-state index is 12.8. The highest BCUT2D eigenvalue weighted by atomic mass is 35.5. The van der Waals surface area contributed by atoms with Gasteiger partial charge >= 0.3 is 5.97 Å². The molecule has 0 saturated carbocycles. The van der Waals surface area contributed by atoms with Gasteiger partial charge in [0.05, 0.1) is 6.04 Å². The summed E-state index contributed by atoms with van der Waals surface area (Å²) in [5.74, 6) is -2.71. The number of carboxylic acid groups (broad SMARTS) is 1. The summed E-state index contributed by atoms with van der Waals surface area (Å²) < 4.78 is 0.0527. The summed E-state index contributed by atoms with van der Waals surface area (Å²) in [6, 6.07) is 3.74. The molecule has 2 atom stereocenters. The van der Waals surface area contributed by atoms with Gasteiger partial charge in [0.15, 0.2) is 10.8 Å². The van der Waals surface area contributed by atoms with Crippen molar-refractivity contribution in [3.8, 4) is 0 Å². The summed E-state index contributed by atoms with van der Waals surface area (Å²) in [7, 11) is 0. The van der Waals surface area contributed by atoms with E-state index in [-0.39, 0.29) is 20.9 Å². The number of fused-ring (bicyclic) bond motifs is 1. The number of rotatable bonds is 6. The van der Waals surface area contributed by atoms with Gasteiger partial charge in [-0.15, -0.1) is 0 Å². The molecule has 0 bridgehead atoms. The number of thioether (sulfide) groups is 1. The zero-order valence-electron chi connectivity index (χ0n) is 16.1. The molecule has 1 unspecified atom stereocenters. The number of carbonyl (C=O) groups excluding carboxylic acids is 2. The van der Waals surface area contributed by atoms with Crippen molar-refractivity contribution in [2.75, 3.05) is 5.73 Å². The molecule has 32 heavy (non-hydrogen) atoms. The van der Waals surface area contributed by atoms with Crippen molar-refractivity contribution >= 4 is 63.3 Å². The number of nitrogens with two attached hydrogens (primary N) is 1. The van der Waals surface area contributed by atoms with Crippen LogP contribution in [0.5, 0.6) is 0 Å². The van der Waals surface area contributed by atoms with E-state index in [9.17, 15) is 24.7 Å². The number of amides is 2. The van der Waals surface area contributed by atoms with Crippen molar-refractivity contribution in [2.45, 2.75) is 30.0 Å². The number of hydrogen-bond donors (Lipinski definition) is 4. The van der Waals surface area contributed by atoms with Crippen LogP contribution in [0.25, 0.3) is 0 Å². The largest absolute Gasteiger partial charge is 0.477 e. The quantitative estimate of drug-likeness (QED) is 0.201. The standard InChI is InChI=1S/C18H15ClN6O5S2/c19-14-11(23-18(20)32-14)12(24-30)15(26)22-10-7-4-5-8(31-9-3-1-2-6-21-9)13(17(28)29)25(7)16(10)27/h1-3,6-7,10,30H,4-5H2,(H2,20,23)(H,22,26)(H,28,29)/b24-12-/t7?,10-/m0/s1. The Bertz CT molecular complexity index is 1170.